The van der Waals surface area contributed by atoms with E-state index in [-0.39, 0.29) is 12.1 Å². The fourth-order valence-corrected chi connectivity index (χ4v) is 1.65. The van der Waals surface area contributed by atoms with Gasteiger partial charge in [-0.2, -0.15) is 5.21 Å². The van der Waals surface area contributed by atoms with Gasteiger partial charge in [-0.25, -0.2) is 0 Å². The van der Waals surface area contributed by atoms with E-state index in [0.717, 1.165) is 0 Å². The predicted molar refractivity (Wildman–Crippen MR) is 63.2 cm³/mol. The highest BCUT2D eigenvalue weighted by atomic mass is 16.6. The van der Waals surface area contributed by atoms with Crippen LogP contribution in [-0.2, 0) is 6.42 Å². The van der Waals surface area contributed by atoms with Crippen LogP contribution in [0.1, 0.15) is 11.4 Å². The molecule has 0 spiro atoms. The minimum atomic E-state index is -0.489. The first-order chi connectivity index (χ1) is 9.15. The molecule has 0 aliphatic heterocycles. The van der Waals surface area contributed by atoms with Gasteiger partial charge in [-0.15, -0.1) is 10.2 Å². The molecule has 0 atom stereocenters. The zero-order valence-corrected chi connectivity index (χ0v) is 10.3. The van der Waals surface area contributed by atoms with Crippen LogP contribution in [0.2, 0.25) is 0 Å². The molecular weight excluding hydrogens is 254 g/mol. The Kier molecular flexibility index (Phi) is 3.55. The van der Waals surface area contributed by atoms with Crippen molar-refractivity contribution in [3.63, 3.8) is 0 Å². The van der Waals surface area contributed by atoms with E-state index in [4.69, 9.17) is 9.47 Å². The molecule has 1 heterocycles. The van der Waals surface area contributed by atoms with Crippen molar-refractivity contribution in [2.75, 3.05) is 14.2 Å². The molecule has 2 rings (SSSR count). The van der Waals surface area contributed by atoms with Crippen molar-refractivity contribution >= 4 is 5.69 Å². The Morgan fingerprint density at radius 2 is 2.00 bits per heavy atom. The maximum absolute atomic E-state index is 11.1. The average molecular weight is 265 g/mol. The number of nitrogens with zero attached hydrogens (tertiary/aromatic N) is 4. The Hall–Kier alpha value is -2.71. The number of nitro groups is 1. The Morgan fingerprint density at radius 3 is 2.53 bits per heavy atom. The number of nitro benzene ring substituents is 1. The second-order valence-electron chi connectivity index (χ2n) is 3.60. The monoisotopic (exact) mass is 265 g/mol. The molecule has 0 unspecified atom stereocenters. The summed E-state index contributed by atoms with van der Waals surface area (Å²) in [6, 6.07) is 2.85. The number of methoxy groups -OCH3 is 2. The van der Waals surface area contributed by atoms with Gasteiger partial charge in [-0.05, 0) is 6.07 Å². The van der Waals surface area contributed by atoms with Crippen molar-refractivity contribution < 1.29 is 14.4 Å². The predicted octanol–water partition coefficient (Wildman–Crippen LogP) is 0.716. The van der Waals surface area contributed by atoms with Gasteiger partial charge in [-0.1, -0.05) is 5.21 Å². The Labute approximate surface area is 107 Å². The molecular formula is C10H11N5O4. The zero-order chi connectivity index (χ0) is 13.8. The summed E-state index contributed by atoms with van der Waals surface area (Å²) in [7, 11) is 2.88. The zero-order valence-electron chi connectivity index (χ0n) is 10.3. The summed E-state index contributed by atoms with van der Waals surface area (Å²) >= 11 is 0. The van der Waals surface area contributed by atoms with Gasteiger partial charge in [0, 0.05) is 12.0 Å². The molecule has 0 amide bonds. The van der Waals surface area contributed by atoms with Crippen LogP contribution in [0.25, 0.3) is 0 Å². The molecule has 0 fully saturated rings. The molecule has 2 aromatic rings. The quantitative estimate of drug-likeness (QED) is 0.625. The third kappa shape index (κ3) is 2.59. The van der Waals surface area contributed by atoms with Gasteiger partial charge in [0.05, 0.1) is 25.2 Å². The number of H-pyrrole nitrogens is 1. The molecule has 9 heteroatoms. The molecule has 9 nitrogen and oxygen atoms in total. The second-order valence-corrected chi connectivity index (χ2v) is 3.60. The number of tetrazole rings is 1. The fraction of sp³-hybridized carbons (Fsp3) is 0.300. The lowest BCUT2D eigenvalue weighted by Crippen LogP contribution is -2.01. The van der Waals surface area contributed by atoms with Gasteiger partial charge in [0.1, 0.15) is 0 Å². The largest absolute Gasteiger partial charge is 0.493 e. The Balaban J connectivity index is 2.47. The fourth-order valence-electron chi connectivity index (χ4n) is 1.65. The standard InChI is InChI=1S/C10H11N5O4/c1-18-8-3-6(4-10-11-13-14-12-10)7(15(16)17)5-9(8)19-2/h3,5H,4H2,1-2H3,(H,11,12,13,14). The van der Waals surface area contributed by atoms with Gasteiger partial charge >= 0.3 is 0 Å². The molecule has 1 aromatic carbocycles. The van der Waals surface area contributed by atoms with Gasteiger partial charge in [-0.3, -0.25) is 10.1 Å². The third-order valence-electron chi connectivity index (χ3n) is 2.52. The van der Waals surface area contributed by atoms with Crippen LogP contribution in [-0.4, -0.2) is 39.8 Å². The van der Waals surface area contributed by atoms with Crippen molar-refractivity contribution in [1.29, 1.82) is 0 Å². The summed E-state index contributed by atoms with van der Waals surface area (Å²) in [5.74, 6) is 1.06. The van der Waals surface area contributed by atoms with E-state index in [1.807, 2.05) is 0 Å². The first-order valence-corrected chi connectivity index (χ1v) is 5.27. The maximum Gasteiger partial charge on any atom is 0.277 e. The third-order valence-corrected chi connectivity index (χ3v) is 2.52. The number of aromatic amines is 1. The molecule has 0 saturated heterocycles. The van der Waals surface area contributed by atoms with E-state index in [0.29, 0.717) is 22.9 Å². The van der Waals surface area contributed by atoms with Crippen LogP contribution in [0, 0.1) is 10.1 Å². The van der Waals surface area contributed by atoms with Gasteiger partial charge in [0.15, 0.2) is 17.3 Å². The second kappa shape index (κ2) is 5.29. The minimum Gasteiger partial charge on any atom is -0.493 e. The molecule has 0 bridgehead atoms. The molecule has 0 saturated carbocycles. The minimum absolute atomic E-state index is 0.0811. The van der Waals surface area contributed by atoms with Gasteiger partial charge < -0.3 is 9.47 Å². The van der Waals surface area contributed by atoms with Crippen LogP contribution in [0.15, 0.2) is 12.1 Å². The Bertz CT molecular complexity index is 584. The highest BCUT2D eigenvalue weighted by molar-refractivity contribution is 5.54. The van der Waals surface area contributed by atoms with Crippen molar-refractivity contribution in [1.82, 2.24) is 20.6 Å². The summed E-state index contributed by atoms with van der Waals surface area (Å²) in [6.07, 6.45) is 0.174. The lowest BCUT2D eigenvalue weighted by atomic mass is 10.1. The maximum atomic E-state index is 11.1. The van der Waals surface area contributed by atoms with Crippen LogP contribution >= 0.6 is 0 Å². The topological polar surface area (TPSA) is 116 Å². The number of benzene rings is 1. The van der Waals surface area contributed by atoms with E-state index in [1.54, 1.807) is 0 Å². The van der Waals surface area contributed by atoms with Crippen molar-refractivity contribution in [3.05, 3.63) is 33.6 Å². The average Bonchev–Trinajstić information content (AvgIpc) is 2.90. The normalized spacial score (nSPS) is 10.2. The highest BCUT2D eigenvalue weighted by Crippen LogP contribution is 2.35. The molecule has 100 valence electrons. The van der Waals surface area contributed by atoms with Gasteiger partial charge in [0.25, 0.3) is 5.69 Å². The van der Waals surface area contributed by atoms with E-state index in [2.05, 4.69) is 20.6 Å². The molecule has 1 aromatic heterocycles. The first kappa shape index (κ1) is 12.7. The molecule has 1 N–H and O–H groups in total. The van der Waals surface area contributed by atoms with E-state index >= 15 is 0 Å². The number of rotatable bonds is 5. The summed E-state index contributed by atoms with van der Waals surface area (Å²) in [5.41, 5.74) is 0.339. The smallest absolute Gasteiger partial charge is 0.277 e. The van der Waals surface area contributed by atoms with E-state index < -0.39 is 4.92 Å². The summed E-state index contributed by atoms with van der Waals surface area (Å²) < 4.78 is 10.2. The SMILES string of the molecule is COc1cc(Cc2nn[nH]n2)c([N+](=O)[O-])cc1OC. The van der Waals surface area contributed by atoms with Crippen LogP contribution < -0.4 is 9.47 Å². The molecule has 19 heavy (non-hydrogen) atoms. The van der Waals surface area contributed by atoms with Crippen LogP contribution in [0.3, 0.4) is 0 Å². The summed E-state index contributed by atoms with van der Waals surface area (Å²) in [4.78, 5) is 10.6. The summed E-state index contributed by atoms with van der Waals surface area (Å²) in [6.45, 7) is 0. The molecule has 0 aliphatic rings. The number of aromatic nitrogens is 4. The van der Waals surface area contributed by atoms with Gasteiger partial charge in [0.2, 0.25) is 0 Å². The van der Waals surface area contributed by atoms with Crippen molar-refractivity contribution in [2.45, 2.75) is 6.42 Å². The molecule has 0 aliphatic carbocycles. The van der Waals surface area contributed by atoms with E-state index in [9.17, 15) is 10.1 Å². The van der Waals surface area contributed by atoms with Crippen molar-refractivity contribution in [3.8, 4) is 11.5 Å². The van der Waals surface area contributed by atoms with Crippen LogP contribution in [0.5, 0.6) is 11.5 Å². The highest BCUT2D eigenvalue weighted by Gasteiger charge is 2.20. The summed E-state index contributed by atoms with van der Waals surface area (Å²) in [5, 5.41) is 24.3. The lowest BCUT2D eigenvalue weighted by Gasteiger charge is -2.09. The van der Waals surface area contributed by atoms with Crippen molar-refractivity contribution in [2.24, 2.45) is 0 Å². The first-order valence-electron chi connectivity index (χ1n) is 5.27. The Morgan fingerprint density at radius 1 is 1.32 bits per heavy atom. The molecule has 0 radical (unpaired) electrons. The number of ether oxygens (including phenoxy) is 2. The van der Waals surface area contributed by atoms with Crippen LogP contribution in [0.4, 0.5) is 5.69 Å². The number of hydrogen-bond donors (Lipinski definition) is 1. The number of hydrogen-bond acceptors (Lipinski definition) is 7. The lowest BCUT2D eigenvalue weighted by molar-refractivity contribution is -0.385. The number of nitrogens with one attached hydrogen (secondary N) is 1. The van der Waals surface area contributed by atoms with E-state index in [1.165, 1.54) is 26.4 Å².